The number of rotatable bonds is 4. The molecule has 1 aromatic rings. The highest BCUT2D eigenvalue weighted by molar-refractivity contribution is 8.00. The van der Waals surface area contributed by atoms with Gasteiger partial charge in [-0.2, -0.15) is 0 Å². The lowest BCUT2D eigenvalue weighted by Crippen LogP contribution is -2.40. The topological polar surface area (TPSA) is 49.4 Å². The van der Waals surface area contributed by atoms with E-state index in [0.717, 1.165) is 25.0 Å². The van der Waals surface area contributed by atoms with Crippen LogP contribution in [-0.2, 0) is 9.59 Å². The maximum absolute atomic E-state index is 13.9. The molecule has 112 valence electrons. The number of hydrogen-bond acceptors (Lipinski definition) is 3. The van der Waals surface area contributed by atoms with Crippen molar-refractivity contribution < 1.29 is 18.4 Å². The van der Waals surface area contributed by atoms with Crippen LogP contribution in [0.3, 0.4) is 0 Å². The molecule has 7 heteroatoms. The van der Waals surface area contributed by atoms with E-state index in [9.17, 15) is 18.4 Å². The lowest BCUT2D eigenvalue weighted by atomic mass is 10.2. The maximum Gasteiger partial charge on any atom is 0.239 e. The van der Waals surface area contributed by atoms with Gasteiger partial charge in [0, 0.05) is 17.7 Å². The Morgan fingerprint density at radius 3 is 2.81 bits per heavy atom. The van der Waals surface area contributed by atoms with E-state index in [1.807, 2.05) is 0 Å². The van der Waals surface area contributed by atoms with Crippen molar-refractivity contribution in [1.82, 2.24) is 10.2 Å². The van der Waals surface area contributed by atoms with Crippen molar-refractivity contribution in [2.45, 2.75) is 24.3 Å². The van der Waals surface area contributed by atoms with Gasteiger partial charge in [0.05, 0.1) is 5.75 Å². The second-order valence-electron chi connectivity index (χ2n) is 5.19. The van der Waals surface area contributed by atoms with E-state index >= 15 is 0 Å². The fourth-order valence-electron chi connectivity index (χ4n) is 2.24. The summed E-state index contributed by atoms with van der Waals surface area (Å²) in [7, 11) is 0. The average molecular weight is 312 g/mol. The van der Waals surface area contributed by atoms with E-state index < -0.39 is 17.0 Å². The van der Waals surface area contributed by atoms with Crippen molar-refractivity contribution >= 4 is 23.6 Å². The third-order valence-electron chi connectivity index (χ3n) is 3.45. The average Bonchev–Trinajstić information content (AvgIpc) is 3.16. The van der Waals surface area contributed by atoms with Gasteiger partial charge >= 0.3 is 0 Å². The van der Waals surface area contributed by atoms with Crippen LogP contribution in [0.2, 0.25) is 0 Å². The zero-order valence-corrected chi connectivity index (χ0v) is 12.0. The fraction of sp³-hybridized carbons (Fsp3) is 0.429. The highest BCUT2D eigenvalue weighted by atomic mass is 32.2. The van der Waals surface area contributed by atoms with E-state index in [-0.39, 0.29) is 35.7 Å². The normalized spacial score (nSPS) is 21.7. The van der Waals surface area contributed by atoms with Crippen LogP contribution in [0.25, 0.3) is 0 Å². The molecular weight excluding hydrogens is 298 g/mol. The molecule has 1 aliphatic carbocycles. The number of halogens is 2. The Morgan fingerprint density at radius 1 is 1.38 bits per heavy atom. The number of nitrogens with one attached hydrogen (secondary N) is 1. The van der Waals surface area contributed by atoms with Gasteiger partial charge in [0.1, 0.15) is 23.6 Å². The van der Waals surface area contributed by atoms with Crippen molar-refractivity contribution in [3.05, 3.63) is 35.4 Å². The molecule has 1 saturated carbocycles. The first kappa shape index (κ1) is 14.3. The summed E-state index contributed by atoms with van der Waals surface area (Å²) in [5.41, 5.74) is 0.228. The smallest absolute Gasteiger partial charge is 0.239 e. The van der Waals surface area contributed by atoms with E-state index in [1.165, 1.54) is 22.7 Å². The van der Waals surface area contributed by atoms with Crippen LogP contribution in [0.1, 0.15) is 23.8 Å². The van der Waals surface area contributed by atoms with Crippen LogP contribution in [0.15, 0.2) is 18.2 Å². The van der Waals surface area contributed by atoms with Gasteiger partial charge < -0.3 is 10.2 Å². The third kappa shape index (κ3) is 3.18. The van der Waals surface area contributed by atoms with Gasteiger partial charge in [-0.25, -0.2) is 8.78 Å². The lowest BCUT2D eigenvalue weighted by Gasteiger charge is -2.24. The number of amides is 2. The van der Waals surface area contributed by atoms with Crippen molar-refractivity contribution in [3.63, 3.8) is 0 Å². The highest BCUT2D eigenvalue weighted by Crippen LogP contribution is 2.39. The monoisotopic (exact) mass is 312 g/mol. The van der Waals surface area contributed by atoms with Crippen LogP contribution in [0.4, 0.5) is 8.78 Å². The molecule has 1 saturated heterocycles. The second-order valence-corrected chi connectivity index (χ2v) is 6.26. The summed E-state index contributed by atoms with van der Waals surface area (Å²) in [5, 5.41) is 2.22. The summed E-state index contributed by atoms with van der Waals surface area (Å²) >= 11 is 1.24. The molecule has 1 aliphatic heterocycles. The van der Waals surface area contributed by atoms with Gasteiger partial charge in [0.25, 0.3) is 0 Å². The summed E-state index contributed by atoms with van der Waals surface area (Å²) in [6.45, 7) is -0.0934. The number of carbonyl (C=O) groups excluding carboxylic acids is 2. The highest BCUT2D eigenvalue weighted by Gasteiger charge is 2.36. The predicted molar refractivity (Wildman–Crippen MR) is 74.4 cm³/mol. The molecule has 1 atom stereocenters. The molecule has 1 aromatic carbocycles. The molecule has 21 heavy (non-hydrogen) atoms. The van der Waals surface area contributed by atoms with Gasteiger partial charge in [-0.05, 0) is 18.9 Å². The Bertz CT molecular complexity index is 592. The van der Waals surface area contributed by atoms with Gasteiger partial charge in [-0.15, -0.1) is 11.8 Å². The molecule has 1 heterocycles. The fourth-order valence-corrected chi connectivity index (χ4v) is 3.45. The van der Waals surface area contributed by atoms with Gasteiger partial charge in [-0.1, -0.05) is 6.07 Å². The Morgan fingerprint density at radius 2 is 2.14 bits per heavy atom. The lowest BCUT2D eigenvalue weighted by molar-refractivity contribution is -0.133. The van der Waals surface area contributed by atoms with E-state index in [0.29, 0.717) is 0 Å². The minimum absolute atomic E-state index is 0.0934. The first-order valence-electron chi connectivity index (χ1n) is 6.70. The summed E-state index contributed by atoms with van der Waals surface area (Å²) in [6.07, 6.45) is 1.93. The Hall–Kier alpha value is -1.63. The summed E-state index contributed by atoms with van der Waals surface area (Å²) in [6, 6.07) is 3.49. The Labute approximate surface area is 124 Å². The molecule has 3 rings (SSSR count). The molecule has 2 amide bonds. The van der Waals surface area contributed by atoms with E-state index in [2.05, 4.69) is 5.32 Å². The van der Waals surface area contributed by atoms with Crippen molar-refractivity contribution in [2.24, 2.45) is 0 Å². The number of thioether (sulfide) groups is 1. The standard InChI is InChI=1S/C14H14F2N2O2S/c15-8-1-4-10(11(16)5-8)14-18(13(20)7-21-14)6-12(19)17-9-2-3-9/h1,4-5,9,14H,2-3,6-7H2,(H,17,19)/t14-/m1/s1. The van der Waals surface area contributed by atoms with Crippen molar-refractivity contribution in [1.29, 1.82) is 0 Å². The number of benzene rings is 1. The number of nitrogens with zero attached hydrogens (tertiary/aromatic N) is 1. The van der Waals surface area contributed by atoms with Crippen LogP contribution < -0.4 is 5.32 Å². The quantitative estimate of drug-likeness (QED) is 0.922. The zero-order chi connectivity index (χ0) is 15.0. The van der Waals surface area contributed by atoms with Gasteiger partial charge in [-0.3, -0.25) is 9.59 Å². The molecular formula is C14H14F2N2O2S. The van der Waals surface area contributed by atoms with Crippen LogP contribution in [0.5, 0.6) is 0 Å². The van der Waals surface area contributed by atoms with Crippen molar-refractivity contribution in [3.8, 4) is 0 Å². The molecule has 0 radical (unpaired) electrons. The summed E-state index contributed by atoms with van der Waals surface area (Å²) in [4.78, 5) is 25.1. The molecule has 0 bridgehead atoms. The molecule has 2 fully saturated rings. The molecule has 0 spiro atoms. The Balaban J connectivity index is 1.76. The van der Waals surface area contributed by atoms with Gasteiger partial charge in [0.15, 0.2) is 0 Å². The number of carbonyl (C=O) groups is 2. The molecule has 0 aromatic heterocycles. The second kappa shape index (κ2) is 5.63. The molecule has 2 aliphatic rings. The molecule has 0 unspecified atom stereocenters. The van der Waals surface area contributed by atoms with Gasteiger partial charge in [0.2, 0.25) is 11.8 Å². The SMILES string of the molecule is O=C(CN1C(=O)CS[C@@H]1c1ccc(F)cc1F)NC1CC1. The summed E-state index contributed by atoms with van der Waals surface area (Å²) < 4.78 is 26.8. The first-order valence-corrected chi connectivity index (χ1v) is 7.75. The predicted octanol–water partition coefficient (Wildman–Crippen LogP) is 1.82. The zero-order valence-electron chi connectivity index (χ0n) is 11.1. The van der Waals surface area contributed by atoms with E-state index in [4.69, 9.17) is 0 Å². The third-order valence-corrected chi connectivity index (χ3v) is 4.69. The molecule has 4 nitrogen and oxygen atoms in total. The van der Waals surface area contributed by atoms with Crippen molar-refractivity contribution in [2.75, 3.05) is 12.3 Å². The Kier molecular flexibility index (Phi) is 3.84. The molecule has 1 N–H and O–H groups in total. The van der Waals surface area contributed by atoms with Crippen LogP contribution in [-0.4, -0.2) is 35.1 Å². The summed E-state index contributed by atoms with van der Waals surface area (Å²) in [5.74, 6) is -1.61. The van der Waals surface area contributed by atoms with Crippen LogP contribution in [0, 0.1) is 11.6 Å². The van der Waals surface area contributed by atoms with Crippen LogP contribution >= 0.6 is 11.8 Å². The first-order chi connectivity index (χ1) is 10.0. The largest absolute Gasteiger partial charge is 0.352 e. The maximum atomic E-state index is 13.9. The minimum atomic E-state index is -0.699. The minimum Gasteiger partial charge on any atom is -0.352 e. The number of hydrogen-bond donors (Lipinski definition) is 1. The van der Waals surface area contributed by atoms with E-state index in [1.54, 1.807) is 0 Å².